The van der Waals surface area contributed by atoms with Crippen LogP contribution in [0.2, 0.25) is 0 Å². The molecule has 168 valence electrons. The zero-order valence-electron chi connectivity index (χ0n) is 18.0. The molecule has 0 radical (unpaired) electrons. The Bertz CT molecular complexity index is 1140. The predicted molar refractivity (Wildman–Crippen MR) is 110 cm³/mol. The van der Waals surface area contributed by atoms with Gasteiger partial charge in [-0.15, -0.1) is 0 Å². The summed E-state index contributed by atoms with van der Waals surface area (Å²) in [5.41, 5.74) is 0.872. The number of methoxy groups -OCH3 is 3. The molecule has 1 aliphatic heterocycles. The van der Waals surface area contributed by atoms with E-state index in [1.165, 1.54) is 46.5 Å². The molecule has 0 amide bonds. The Balaban J connectivity index is 1.88. The fourth-order valence-corrected chi connectivity index (χ4v) is 4.24. The first kappa shape index (κ1) is 21.6. The van der Waals surface area contributed by atoms with Crippen LogP contribution in [-0.4, -0.2) is 56.9 Å². The highest BCUT2D eigenvalue weighted by Gasteiger charge is 2.43. The molecular weight excluding hydrogens is 420 g/mol. The molecule has 0 fully saturated rings. The Morgan fingerprint density at radius 1 is 1.00 bits per heavy atom. The number of esters is 1. The van der Waals surface area contributed by atoms with Gasteiger partial charge in [-0.25, -0.2) is 0 Å². The van der Waals surface area contributed by atoms with E-state index in [0.29, 0.717) is 11.3 Å². The van der Waals surface area contributed by atoms with E-state index in [2.05, 4.69) is 0 Å². The summed E-state index contributed by atoms with van der Waals surface area (Å²) in [6, 6.07) is 4.46. The molecule has 2 aromatic carbocycles. The zero-order valence-corrected chi connectivity index (χ0v) is 18.0. The SMILES string of the molecule is COc1cc(OC)c2c(c1)C(=O)c1cc3c(c(OC)c1C2=O)[C@@H](CCOC(C)=O)[C@H](O)O3. The quantitative estimate of drug-likeness (QED) is 0.574. The van der Waals surface area contributed by atoms with Gasteiger partial charge in [0.05, 0.1) is 45.0 Å². The highest BCUT2D eigenvalue weighted by molar-refractivity contribution is 6.30. The molecule has 0 aromatic heterocycles. The van der Waals surface area contributed by atoms with Crippen molar-refractivity contribution >= 4 is 17.5 Å². The number of fused-ring (bicyclic) bond motifs is 3. The van der Waals surface area contributed by atoms with Gasteiger partial charge in [-0.05, 0) is 18.6 Å². The molecule has 2 aliphatic rings. The second kappa shape index (κ2) is 8.16. The van der Waals surface area contributed by atoms with E-state index in [-0.39, 0.29) is 52.5 Å². The minimum absolute atomic E-state index is 0.0451. The second-order valence-corrected chi connectivity index (χ2v) is 7.40. The van der Waals surface area contributed by atoms with Crippen LogP contribution in [0.1, 0.15) is 56.7 Å². The van der Waals surface area contributed by atoms with Crippen molar-refractivity contribution in [1.82, 2.24) is 0 Å². The second-order valence-electron chi connectivity index (χ2n) is 7.40. The van der Waals surface area contributed by atoms with Gasteiger partial charge >= 0.3 is 5.97 Å². The molecule has 32 heavy (non-hydrogen) atoms. The van der Waals surface area contributed by atoms with Gasteiger partial charge in [-0.2, -0.15) is 0 Å². The highest BCUT2D eigenvalue weighted by Crippen LogP contribution is 2.50. The number of ketones is 2. The first-order chi connectivity index (χ1) is 15.3. The molecule has 0 saturated carbocycles. The minimum atomic E-state index is -1.25. The van der Waals surface area contributed by atoms with Crippen molar-refractivity contribution in [1.29, 1.82) is 0 Å². The third-order valence-electron chi connectivity index (χ3n) is 5.66. The van der Waals surface area contributed by atoms with Crippen LogP contribution in [0.5, 0.6) is 23.0 Å². The number of benzene rings is 2. The number of aliphatic hydroxyl groups excluding tert-OH is 1. The maximum atomic E-state index is 13.6. The minimum Gasteiger partial charge on any atom is -0.497 e. The van der Waals surface area contributed by atoms with Crippen LogP contribution >= 0.6 is 0 Å². The summed E-state index contributed by atoms with van der Waals surface area (Å²) >= 11 is 0. The number of carbonyl (C=O) groups excluding carboxylic acids is 3. The molecule has 1 heterocycles. The topological polar surface area (TPSA) is 118 Å². The van der Waals surface area contributed by atoms with E-state index < -0.39 is 29.7 Å². The molecule has 1 N–H and O–H groups in total. The summed E-state index contributed by atoms with van der Waals surface area (Å²) < 4.78 is 26.7. The number of carbonyl (C=O) groups is 3. The third kappa shape index (κ3) is 3.25. The Labute approximate surface area is 183 Å². The molecule has 2 aromatic rings. The number of aliphatic hydroxyl groups is 1. The van der Waals surface area contributed by atoms with E-state index in [1.807, 2.05) is 0 Å². The normalized spacial score (nSPS) is 18.3. The van der Waals surface area contributed by atoms with Crippen molar-refractivity contribution < 1.29 is 43.2 Å². The lowest BCUT2D eigenvalue weighted by atomic mass is 9.80. The van der Waals surface area contributed by atoms with Crippen LogP contribution in [0.25, 0.3) is 0 Å². The predicted octanol–water partition coefficient (Wildman–Crippen LogP) is 2.24. The van der Waals surface area contributed by atoms with E-state index in [9.17, 15) is 19.5 Å². The van der Waals surface area contributed by atoms with Gasteiger partial charge in [0.2, 0.25) is 12.1 Å². The Morgan fingerprint density at radius 3 is 2.34 bits per heavy atom. The molecule has 2 atom stereocenters. The molecular formula is C23H22O9. The first-order valence-corrected chi connectivity index (χ1v) is 9.90. The third-order valence-corrected chi connectivity index (χ3v) is 5.66. The molecule has 9 nitrogen and oxygen atoms in total. The smallest absolute Gasteiger partial charge is 0.302 e. The summed E-state index contributed by atoms with van der Waals surface area (Å²) in [4.78, 5) is 38.1. The van der Waals surface area contributed by atoms with Gasteiger partial charge in [0.25, 0.3) is 0 Å². The van der Waals surface area contributed by atoms with Crippen molar-refractivity contribution in [2.75, 3.05) is 27.9 Å². The molecule has 4 rings (SSSR count). The summed E-state index contributed by atoms with van der Waals surface area (Å²) in [5, 5.41) is 10.5. The van der Waals surface area contributed by atoms with E-state index in [1.54, 1.807) is 0 Å². The fraction of sp³-hybridized carbons (Fsp3) is 0.348. The molecule has 0 saturated heterocycles. The number of hydrogen-bond acceptors (Lipinski definition) is 9. The Kier molecular flexibility index (Phi) is 5.52. The van der Waals surface area contributed by atoms with Gasteiger partial charge < -0.3 is 28.8 Å². The summed E-state index contributed by atoms with van der Waals surface area (Å²) in [6.07, 6.45) is -1.01. The van der Waals surface area contributed by atoms with Crippen molar-refractivity contribution in [2.24, 2.45) is 0 Å². The average molecular weight is 442 g/mol. The van der Waals surface area contributed by atoms with Gasteiger partial charge in [0, 0.05) is 29.7 Å². The Hall–Kier alpha value is -3.59. The summed E-state index contributed by atoms with van der Waals surface area (Å²) in [7, 11) is 4.23. The summed E-state index contributed by atoms with van der Waals surface area (Å²) in [5.74, 6) is -0.987. The largest absolute Gasteiger partial charge is 0.497 e. The van der Waals surface area contributed by atoms with Crippen LogP contribution in [0.4, 0.5) is 0 Å². The van der Waals surface area contributed by atoms with Crippen molar-refractivity contribution in [2.45, 2.75) is 25.6 Å². The van der Waals surface area contributed by atoms with E-state index in [4.69, 9.17) is 23.7 Å². The van der Waals surface area contributed by atoms with Crippen LogP contribution < -0.4 is 18.9 Å². The van der Waals surface area contributed by atoms with Gasteiger partial charge in [0.15, 0.2) is 5.78 Å². The monoisotopic (exact) mass is 442 g/mol. The van der Waals surface area contributed by atoms with E-state index >= 15 is 0 Å². The zero-order chi connectivity index (χ0) is 23.2. The molecule has 0 bridgehead atoms. The van der Waals surface area contributed by atoms with Crippen LogP contribution in [-0.2, 0) is 9.53 Å². The lowest BCUT2D eigenvalue weighted by Crippen LogP contribution is -2.23. The van der Waals surface area contributed by atoms with Crippen LogP contribution in [0, 0.1) is 0 Å². The molecule has 9 heteroatoms. The average Bonchev–Trinajstić information content (AvgIpc) is 3.09. The van der Waals surface area contributed by atoms with Crippen molar-refractivity contribution in [3.05, 3.63) is 46.0 Å². The van der Waals surface area contributed by atoms with E-state index in [0.717, 1.165) is 0 Å². The fourth-order valence-electron chi connectivity index (χ4n) is 4.24. The lowest BCUT2D eigenvalue weighted by molar-refractivity contribution is -0.141. The van der Waals surface area contributed by atoms with Gasteiger partial charge in [-0.3, -0.25) is 14.4 Å². The van der Waals surface area contributed by atoms with Gasteiger partial charge in [-0.1, -0.05) is 0 Å². The maximum absolute atomic E-state index is 13.6. The van der Waals surface area contributed by atoms with Crippen molar-refractivity contribution in [3.8, 4) is 23.0 Å². The molecule has 0 unspecified atom stereocenters. The highest BCUT2D eigenvalue weighted by atomic mass is 16.6. The Morgan fingerprint density at radius 2 is 1.72 bits per heavy atom. The van der Waals surface area contributed by atoms with Crippen molar-refractivity contribution in [3.63, 3.8) is 0 Å². The van der Waals surface area contributed by atoms with Crippen LogP contribution in [0.15, 0.2) is 18.2 Å². The lowest BCUT2D eigenvalue weighted by Gasteiger charge is -2.24. The molecule has 0 spiro atoms. The van der Waals surface area contributed by atoms with Crippen LogP contribution in [0.3, 0.4) is 0 Å². The number of rotatable bonds is 6. The standard InChI is InChI=1S/C23H22O9/c1-10(24)31-6-5-12-18-16(32-23(12)27)9-14-19(22(18)30-4)21(26)17-13(20(14)25)7-11(28-2)8-15(17)29-3/h7-9,12,23,27H,5-6H2,1-4H3/t12-,23-/m1/s1. The number of ether oxygens (including phenoxy) is 5. The molecule has 1 aliphatic carbocycles. The summed E-state index contributed by atoms with van der Waals surface area (Å²) in [6.45, 7) is 1.33. The van der Waals surface area contributed by atoms with Gasteiger partial charge in [0.1, 0.15) is 23.0 Å². The maximum Gasteiger partial charge on any atom is 0.302 e. The number of hydrogen-bond donors (Lipinski definition) is 1. The first-order valence-electron chi connectivity index (χ1n) is 9.90.